The summed E-state index contributed by atoms with van der Waals surface area (Å²) in [7, 11) is 0. The fourth-order valence-corrected chi connectivity index (χ4v) is 11.2. The van der Waals surface area contributed by atoms with Gasteiger partial charge in [0.2, 0.25) is 5.91 Å². The van der Waals surface area contributed by atoms with Crippen molar-refractivity contribution in [3.63, 3.8) is 0 Å². The maximum Gasteiger partial charge on any atom is 0.305 e. The minimum Gasteiger partial charge on any atom is -0.466 e. The highest BCUT2D eigenvalue weighted by Crippen LogP contribution is 2.23. The minimum absolute atomic E-state index is 0.00899. The normalized spacial score (nSPS) is 18.4. The molecule has 0 aromatic rings. The van der Waals surface area contributed by atoms with Crippen LogP contribution in [-0.4, -0.2) is 100 Å². The number of aliphatic hydroxyl groups is 5. The number of carbonyl (C=O) groups is 2. The molecule has 6 N–H and O–H groups in total. The molecule has 0 saturated carbocycles. The number of allylic oxidation sites excluding steroid dienone is 5. The second-order valence-corrected chi connectivity index (χ2v) is 24.6. The van der Waals surface area contributed by atoms with E-state index in [2.05, 4.69) is 43.5 Å². The Balaban J connectivity index is 1.92. The summed E-state index contributed by atoms with van der Waals surface area (Å²) >= 11 is 0. The molecule has 11 nitrogen and oxygen atoms in total. The van der Waals surface area contributed by atoms with Crippen LogP contribution < -0.4 is 5.32 Å². The molecule has 7 atom stereocenters. The molecule has 1 heterocycles. The Labute approximate surface area is 504 Å². The van der Waals surface area contributed by atoms with E-state index in [0.717, 1.165) is 57.8 Å². The van der Waals surface area contributed by atoms with E-state index in [9.17, 15) is 35.1 Å². The van der Waals surface area contributed by atoms with Crippen LogP contribution in [0.5, 0.6) is 0 Å². The average Bonchev–Trinajstić information content (AvgIpc) is 3.48. The van der Waals surface area contributed by atoms with Gasteiger partial charge in [0.15, 0.2) is 6.29 Å². The van der Waals surface area contributed by atoms with Gasteiger partial charge >= 0.3 is 5.97 Å². The summed E-state index contributed by atoms with van der Waals surface area (Å²) in [6.07, 6.45) is 67.3. The first-order valence-corrected chi connectivity index (χ1v) is 35.3. The maximum absolute atomic E-state index is 13.0. The summed E-state index contributed by atoms with van der Waals surface area (Å²) in [5, 5.41) is 54.2. The van der Waals surface area contributed by atoms with E-state index >= 15 is 0 Å². The van der Waals surface area contributed by atoms with Crippen LogP contribution in [0.4, 0.5) is 0 Å². The smallest absolute Gasteiger partial charge is 0.305 e. The van der Waals surface area contributed by atoms with Gasteiger partial charge < -0.3 is 45.1 Å². The Morgan fingerprint density at radius 1 is 0.439 bits per heavy atom. The molecule has 0 spiro atoms. The van der Waals surface area contributed by atoms with Gasteiger partial charge in [-0.3, -0.25) is 9.59 Å². The number of hydrogen-bond acceptors (Lipinski definition) is 10. The van der Waals surface area contributed by atoms with Crippen LogP contribution in [0.1, 0.15) is 341 Å². The summed E-state index contributed by atoms with van der Waals surface area (Å²) < 4.78 is 16.7. The largest absolute Gasteiger partial charge is 0.466 e. The highest BCUT2D eigenvalue weighted by Gasteiger charge is 2.44. The first kappa shape index (κ1) is 77.9. The van der Waals surface area contributed by atoms with Crippen LogP contribution in [0.3, 0.4) is 0 Å². The fourth-order valence-electron chi connectivity index (χ4n) is 11.2. The van der Waals surface area contributed by atoms with Gasteiger partial charge in [-0.1, -0.05) is 294 Å². The molecule has 1 aliphatic heterocycles. The summed E-state index contributed by atoms with van der Waals surface area (Å²) in [5.74, 6) is -0.186. The Hall–Kier alpha value is -2.12. The van der Waals surface area contributed by atoms with E-state index in [1.54, 1.807) is 6.08 Å². The number of unbranched alkanes of at least 4 members (excludes halogenated alkanes) is 44. The van der Waals surface area contributed by atoms with Crippen LogP contribution >= 0.6 is 0 Å². The van der Waals surface area contributed by atoms with Gasteiger partial charge in [0, 0.05) is 12.8 Å². The van der Waals surface area contributed by atoms with Crippen LogP contribution in [0.15, 0.2) is 36.5 Å². The number of carbonyl (C=O) groups excluding carboxylic acids is 2. The molecule has 1 rings (SSSR count). The van der Waals surface area contributed by atoms with E-state index in [0.29, 0.717) is 19.4 Å². The highest BCUT2D eigenvalue weighted by molar-refractivity contribution is 5.76. The summed E-state index contributed by atoms with van der Waals surface area (Å²) in [6, 6.07) is -0.828. The Morgan fingerprint density at radius 2 is 0.793 bits per heavy atom. The Bertz CT molecular complexity index is 1460. The topological polar surface area (TPSA) is 175 Å². The number of ether oxygens (including phenoxy) is 3. The lowest BCUT2D eigenvalue weighted by molar-refractivity contribution is -0.302. The van der Waals surface area contributed by atoms with E-state index in [4.69, 9.17) is 14.2 Å². The van der Waals surface area contributed by atoms with Gasteiger partial charge in [-0.2, -0.15) is 0 Å². The van der Waals surface area contributed by atoms with Crippen molar-refractivity contribution in [2.75, 3.05) is 19.8 Å². The van der Waals surface area contributed by atoms with Gasteiger partial charge in [0.25, 0.3) is 0 Å². The quantitative estimate of drug-likeness (QED) is 0.0195. The number of amides is 1. The van der Waals surface area contributed by atoms with E-state index in [-0.39, 0.29) is 18.5 Å². The van der Waals surface area contributed by atoms with Crippen LogP contribution in [0.2, 0.25) is 0 Å². The molecule has 0 aromatic heterocycles. The lowest BCUT2D eigenvalue weighted by atomic mass is 9.99. The van der Waals surface area contributed by atoms with Crippen LogP contribution in [0, 0.1) is 0 Å². The fraction of sp³-hybridized carbons (Fsp3) is 0.887. The molecule has 82 heavy (non-hydrogen) atoms. The highest BCUT2D eigenvalue weighted by atomic mass is 16.7. The van der Waals surface area contributed by atoms with Gasteiger partial charge in [-0.25, -0.2) is 0 Å². The van der Waals surface area contributed by atoms with E-state index < -0.39 is 49.5 Å². The molecule has 1 saturated heterocycles. The molecule has 1 amide bonds. The third-order valence-corrected chi connectivity index (χ3v) is 16.7. The Morgan fingerprint density at radius 3 is 1.23 bits per heavy atom. The number of aliphatic hydroxyl groups excluding tert-OH is 5. The van der Waals surface area contributed by atoms with Crippen molar-refractivity contribution >= 4 is 11.9 Å². The monoisotopic (exact) mass is 1160 g/mol. The predicted octanol–water partition coefficient (Wildman–Crippen LogP) is 17.8. The molecular weight excluding hydrogens is 1030 g/mol. The number of hydrogen-bond donors (Lipinski definition) is 6. The molecule has 11 heteroatoms. The molecule has 1 aliphatic rings. The minimum atomic E-state index is -1.58. The second kappa shape index (κ2) is 60.6. The molecule has 1 fully saturated rings. The zero-order valence-corrected chi connectivity index (χ0v) is 53.5. The maximum atomic E-state index is 13.0. The molecule has 0 aromatic carbocycles. The average molecular weight is 1160 g/mol. The predicted molar refractivity (Wildman–Crippen MR) is 343 cm³/mol. The summed E-state index contributed by atoms with van der Waals surface area (Å²) in [6.45, 7) is 4.31. The van der Waals surface area contributed by atoms with Crippen molar-refractivity contribution in [2.45, 2.75) is 384 Å². The van der Waals surface area contributed by atoms with E-state index in [1.165, 1.54) is 257 Å². The van der Waals surface area contributed by atoms with Crippen molar-refractivity contribution in [3.8, 4) is 0 Å². The van der Waals surface area contributed by atoms with Crippen molar-refractivity contribution in [3.05, 3.63) is 36.5 Å². The molecule has 7 unspecified atom stereocenters. The lowest BCUT2D eigenvalue weighted by Gasteiger charge is -2.40. The molecule has 482 valence electrons. The molecule has 0 radical (unpaired) electrons. The third kappa shape index (κ3) is 49.0. The second-order valence-electron chi connectivity index (χ2n) is 24.6. The van der Waals surface area contributed by atoms with Crippen LogP contribution in [-0.2, 0) is 23.8 Å². The molecule has 0 bridgehead atoms. The first-order chi connectivity index (χ1) is 40.2. The number of esters is 1. The molecule has 0 aliphatic carbocycles. The van der Waals surface area contributed by atoms with Crippen molar-refractivity contribution < 1.29 is 49.3 Å². The van der Waals surface area contributed by atoms with E-state index in [1.807, 2.05) is 6.08 Å². The van der Waals surface area contributed by atoms with Gasteiger partial charge in [0.05, 0.1) is 32.0 Å². The molecular formula is C71H133NO10. The lowest BCUT2D eigenvalue weighted by Crippen LogP contribution is -2.60. The standard InChI is InChI=1S/C71H133NO10/c1-3-5-7-9-11-13-14-15-16-17-26-30-33-36-39-43-47-51-55-59-67(76)80-60-56-52-48-44-40-37-34-31-28-25-23-21-19-18-20-22-24-27-29-32-35-38-42-46-50-54-58-66(75)72-63(64(74)57-53-49-45-41-12-10-8-6-4-2)62-81-71-70(79)69(78)68(77)65(61-73)82-71/h12,18,20,41,53,57,63-65,68-71,73-74,77-79H,3-11,13-17,19,21-40,42-52,54-56,58-62H2,1-2H3,(H,72,75)/b20-18-,41-12+,57-53+. The Kier molecular flexibility index (Phi) is 57.5. The zero-order valence-electron chi connectivity index (χ0n) is 53.5. The van der Waals surface area contributed by atoms with Crippen LogP contribution in [0.25, 0.3) is 0 Å². The number of rotatable bonds is 62. The first-order valence-electron chi connectivity index (χ1n) is 35.3. The zero-order chi connectivity index (χ0) is 59.5. The summed E-state index contributed by atoms with van der Waals surface area (Å²) in [5.41, 5.74) is 0. The van der Waals surface area contributed by atoms with Gasteiger partial charge in [-0.15, -0.1) is 0 Å². The third-order valence-electron chi connectivity index (χ3n) is 16.7. The van der Waals surface area contributed by atoms with Gasteiger partial charge in [0.1, 0.15) is 24.4 Å². The van der Waals surface area contributed by atoms with Crippen molar-refractivity contribution in [2.24, 2.45) is 0 Å². The number of nitrogens with one attached hydrogen (secondary N) is 1. The van der Waals surface area contributed by atoms with Crippen molar-refractivity contribution in [1.29, 1.82) is 0 Å². The summed E-state index contributed by atoms with van der Waals surface area (Å²) in [4.78, 5) is 25.1. The SMILES string of the molecule is CCCCC/C=C/CC/C=C/C(O)C(COC1OC(CO)C(O)C(O)C1O)NC(=O)CCCCCCCCCCCC/C=C\CCCCCCCCCCCCCCOC(=O)CCCCCCCCCCCCCCCCCCCCC. The van der Waals surface area contributed by atoms with Crippen molar-refractivity contribution in [1.82, 2.24) is 5.32 Å². The van der Waals surface area contributed by atoms with Gasteiger partial charge in [-0.05, 0) is 70.6 Å².